The van der Waals surface area contributed by atoms with E-state index in [4.69, 9.17) is 9.15 Å². The number of fused-ring (bicyclic) bond motifs is 1. The average Bonchev–Trinajstić information content (AvgIpc) is 2.56. The Hall–Kier alpha value is -2.88. The van der Waals surface area contributed by atoms with E-state index in [2.05, 4.69) is 0 Å². The predicted molar refractivity (Wildman–Crippen MR) is 88.4 cm³/mol. The van der Waals surface area contributed by atoms with Crippen LogP contribution in [0.5, 0.6) is 5.75 Å². The van der Waals surface area contributed by atoms with Gasteiger partial charge >= 0.3 is 5.97 Å². The van der Waals surface area contributed by atoms with Crippen LogP contribution in [0.25, 0.3) is 22.3 Å². The van der Waals surface area contributed by atoms with Gasteiger partial charge < -0.3 is 9.15 Å². The predicted octanol–water partition coefficient (Wildman–Crippen LogP) is 4.02. The van der Waals surface area contributed by atoms with Gasteiger partial charge in [-0.2, -0.15) is 0 Å². The van der Waals surface area contributed by atoms with Crippen molar-refractivity contribution >= 4 is 16.9 Å². The number of esters is 1. The molecule has 3 aromatic rings. The van der Waals surface area contributed by atoms with Crippen LogP contribution < -0.4 is 10.2 Å². The zero-order valence-electron chi connectivity index (χ0n) is 12.9. The fraction of sp³-hybridized carbons (Fsp3) is 0.158. The molecule has 0 radical (unpaired) electrons. The maximum Gasteiger partial charge on any atom is 0.313 e. The van der Waals surface area contributed by atoms with Gasteiger partial charge in [-0.15, -0.1) is 0 Å². The summed E-state index contributed by atoms with van der Waals surface area (Å²) in [6.07, 6.45) is 0. The number of rotatable bonds is 3. The van der Waals surface area contributed by atoms with Crippen molar-refractivity contribution in [2.24, 2.45) is 5.92 Å². The Bertz CT molecular complexity index is 908. The average molecular weight is 308 g/mol. The highest BCUT2D eigenvalue weighted by Gasteiger charge is 2.12. The van der Waals surface area contributed by atoms with Gasteiger partial charge in [0.2, 0.25) is 0 Å². The minimum absolute atomic E-state index is 0.174. The lowest BCUT2D eigenvalue weighted by molar-refractivity contribution is -0.137. The normalized spacial score (nSPS) is 10.9. The van der Waals surface area contributed by atoms with Crippen molar-refractivity contribution < 1.29 is 13.9 Å². The van der Waals surface area contributed by atoms with E-state index in [1.54, 1.807) is 26.0 Å². The molecule has 0 aliphatic rings. The summed E-state index contributed by atoms with van der Waals surface area (Å²) in [6, 6.07) is 15.7. The summed E-state index contributed by atoms with van der Waals surface area (Å²) in [5.74, 6) is 0.281. The molecule has 0 aliphatic carbocycles. The van der Waals surface area contributed by atoms with Gasteiger partial charge in [0.1, 0.15) is 17.1 Å². The molecule has 0 spiro atoms. The fourth-order valence-corrected chi connectivity index (χ4v) is 2.18. The van der Waals surface area contributed by atoms with Crippen LogP contribution in [-0.4, -0.2) is 5.97 Å². The molecule has 116 valence electrons. The Balaban J connectivity index is 2.03. The second kappa shape index (κ2) is 6.08. The molecule has 0 aliphatic heterocycles. The standard InChI is InChI=1S/C19H16O4/c1-12(2)19(21)22-14-8-9-17-15(10-14)16(20)11-18(23-17)13-6-4-3-5-7-13/h3-12H,1-2H3. The van der Waals surface area contributed by atoms with Crippen molar-refractivity contribution in [3.8, 4) is 17.1 Å². The van der Waals surface area contributed by atoms with Crippen LogP contribution in [0.1, 0.15) is 13.8 Å². The Labute approximate surface area is 133 Å². The maximum atomic E-state index is 12.3. The van der Waals surface area contributed by atoms with Crippen LogP contribution in [0.15, 0.2) is 63.8 Å². The molecule has 1 heterocycles. The van der Waals surface area contributed by atoms with Crippen LogP contribution >= 0.6 is 0 Å². The van der Waals surface area contributed by atoms with E-state index in [9.17, 15) is 9.59 Å². The first-order valence-corrected chi connectivity index (χ1v) is 7.39. The van der Waals surface area contributed by atoms with E-state index >= 15 is 0 Å². The highest BCUT2D eigenvalue weighted by Crippen LogP contribution is 2.24. The summed E-state index contributed by atoms with van der Waals surface area (Å²) in [5.41, 5.74) is 1.12. The molecule has 2 aromatic carbocycles. The third-order valence-electron chi connectivity index (χ3n) is 3.45. The smallest absolute Gasteiger partial charge is 0.313 e. The molecule has 3 rings (SSSR count). The summed E-state index contributed by atoms with van der Waals surface area (Å²) in [5, 5.41) is 0.388. The van der Waals surface area contributed by atoms with Gasteiger partial charge in [-0.1, -0.05) is 44.2 Å². The minimum atomic E-state index is -0.338. The molecule has 0 atom stereocenters. The fourth-order valence-electron chi connectivity index (χ4n) is 2.18. The van der Waals surface area contributed by atoms with E-state index in [0.717, 1.165) is 5.56 Å². The topological polar surface area (TPSA) is 56.5 Å². The van der Waals surface area contributed by atoms with E-state index < -0.39 is 0 Å². The number of carbonyl (C=O) groups is 1. The summed E-state index contributed by atoms with van der Waals surface area (Å²) in [6.45, 7) is 3.51. The maximum absolute atomic E-state index is 12.3. The summed E-state index contributed by atoms with van der Waals surface area (Å²) in [4.78, 5) is 24.0. The molecule has 4 nitrogen and oxygen atoms in total. The van der Waals surface area contributed by atoms with E-state index in [1.807, 2.05) is 30.3 Å². The molecule has 0 amide bonds. The monoisotopic (exact) mass is 308 g/mol. The molecule has 1 aromatic heterocycles. The molecule has 0 fully saturated rings. The minimum Gasteiger partial charge on any atom is -0.456 e. The van der Waals surface area contributed by atoms with Crippen LogP contribution in [0.2, 0.25) is 0 Å². The molecule has 0 bridgehead atoms. The first-order valence-electron chi connectivity index (χ1n) is 7.39. The van der Waals surface area contributed by atoms with Crippen molar-refractivity contribution in [1.82, 2.24) is 0 Å². The first kappa shape index (κ1) is 15.0. The lowest BCUT2D eigenvalue weighted by atomic mass is 10.1. The van der Waals surface area contributed by atoms with Crippen molar-refractivity contribution in [2.75, 3.05) is 0 Å². The molecule has 23 heavy (non-hydrogen) atoms. The lowest BCUT2D eigenvalue weighted by Crippen LogP contribution is -2.14. The number of carbonyl (C=O) groups excluding carboxylic acids is 1. The Kier molecular flexibility index (Phi) is 3.98. The van der Waals surface area contributed by atoms with Crippen LogP contribution in [-0.2, 0) is 4.79 Å². The molecule has 4 heteroatoms. The van der Waals surface area contributed by atoms with E-state index in [-0.39, 0.29) is 17.3 Å². The van der Waals surface area contributed by atoms with Crippen LogP contribution in [0, 0.1) is 5.92 Å². The highest BCUT2D eigenvalue weighted by molar-refractivity contribution is 5.82. The van der Waals surface area contributed by atoms with Gasteiger partial charge in [0.05, 0.1) is 11.3 Å². The summed E-state index contributed by atoms with van der Waals surface area (Å²) < 4.78 is 11.0. The second-order valence-corrected chi connectivity index (χ2v) is 5.57. The third-order valence-corrected chi connectivity index (χ3v) is 3.45. The molecular formula is C19H16O4. The van der Waals surface area contributed by atoms with E-state index in [0.29, 0.717) is 22.5 Å². The Morgan fingerprint density at radius 3 is 2.48 bits per heavy atom. The second-order valence-electron chi connectivity index (χ2n) is 5.57. The lowest BCUT2D eigenvalue weighted by Gasteiger charge is -2.08. The molecule has 0 saturated heterocycles. The Morgan fingerprint density at radius 2 is 1.78 bits per heavy atom. The first-order chi connectivity index (χ1) is 11.0. The zero-order chi connectivity index (χ0) is 16.4. The van der Waals surface area contributed by atoms with Gasteiger partial charge in [0.25, 0.3) is 0 Å². The molecular weight excluding hydrogens is 292 g/mol. The van der Waals surface area contributed by atoms with Crippen LogP contribution in [0.4, 0.5) is 0 Å². The number of hydrogen-bond donors (Lipinski definition) is 0. The van der Waals surface area contributed by atoms with Gasteiger partial charge in [-0.25, -0.2) is 0 Å². The quantitative estimate of drug-likeness (QED) is 0.541. The van der Waals surface area contributed by atoms with Crippen molar-refractivity contribution in [3.63, 3.8) is 0 Å². The molecule has 0 saturated carbocycles. The SMILES string of the molecule is CC(C)C(=O)Oc1ccc2oc(-c3ccccc3)cc(=O)c2c1. The van der Waals surface area contributed by atoms with Crippen molar-refractivity contribution in [3.05, 3.63) is 64.8 Å². The summed E-state index contributed by atoms with van der Waals surface area (Å²) in [7, 11) is 0. The van der Waals surface area contributed by atoms with Gasteiger partial charge in [-0.05, 0) is 18.2 Å². The number of ether oxygens (including phenoxy) is 1. The summed E-state index contributed by atoms with van der Waals surface area (Å²) >= 11 is 0. The van der Waals surface area contributed by atoms with Gasteiger partial charge in [0.15, 0.2) is 5.43 Å². The number of hydrogen-bond acceptors (Lipinski definition) is 4. The van der Waals surface area contributed by atoms with Gasteiger partial charge in [0, 0.05) is 11.6 Å². The molecule has 0 unspecified atom stereocenters. The molecule has 0 N–H and O–H groups in total. The highest BCUT2D eigenvalue weighted by atomic mass is 16.5. The van der Waals surface area contributed by atoms with Crippen molar-refractivity contribution in [1.29, 1.82) is 0 Å². The van der Waals surface area contributed by atoms with Crippen LogP contribution in [0.3, 0.4) is 0 Å². The van der Waals surface area contributed by atoms with Gasteiger partial charge in [-0.3, -0.25) is 9.59 Å². The zero-order valence-corrected chi connectivity index (χ0v) is 12.9. The number of benzene rings is 2. The largest absolute Gasteiger partial charge is 0.456 e. The Morgan fingerprint density at radius 1 is 1.04 bits per heavy atom. The third kappa shape index (κ3) is 3.16. The van der Waals surface area contributed by atoms with Crippen molar-refractivity contribution in [2.45, 2.75) is 13.8 Å². The van der Waals surface area contributed by atoms with E-state index in [1.165, 1.54) is 12.1 Å².